The molecule has 1 aromatic carbocycles. The van der Waals surface area contributed by atoms with Crippen LogP contribution in [0.4, 0.5) is 5.69 Å². The molecular formula is C13H13N3O2S. The number of nitrogens with one attached hydrogen (secondary N) is 1. The van der Waals surface area contributed by atoms with Gasteiger partial charge < -0.3 is 15.3 Å². The van der Waals surface area contributed by atoms with Crippen LogP contribution in [0.25, 0.3) is 0 Å². The Hall–Kier alpha value is -1.95. The Morgan fingerprint density at radius 3 is 3.00 bits per heavy atom. The average Bonchev–Trinajstić information content (AvgIpc) is 2.97. The summed E-state index contributed by atoms with van der Waals surface area (Å²) in [5.41, 5.74) is 1.68. The van der Waals surface area contributed by atoms with Gasteiger partial charge in [0.2, 0.25) is 5.91 Å². The van der Waals surface area contributed by atoms with Crippen molar-refractivity contribution in [2.75, 3.05) is 18.4 Å². The third-order valence-corrected chi connectivity index (χ3v) is 3.89. The van der Waals surface area contributed by atoms with E-state index in [2.05, 4.69) is 15.2 Å². The molecule has 0 atom stereocenters. The number of fused-ring (bicyclic) bond motifs is 1. The number of anilines is 1. The minimum atomic E-state index is -0.0642. The monoisotopic (exact) mass is 275 g/mol. The molecule has 0 aliphatic carbocycles. The van der Waals surface area contributed by atoms with E-state index in [0.29, 0.717) is 12.1 Å². The number of aliphatic imine (C=N–C) groups is 1. The van der Waals surface area contributed by atoms with Crippen molar-refractivity contribution >= 4 is 28.5 Å². The Kier molecular flexibility index (Phi) is 3.16. The van der Waals surface area contributed by atoms with E-state index >= 15 is 0 Å². The van der Waals surface area contributed by atoms with E-state index in [4.69, 9.17) is 0 Å². The fourth-order valence-electron chi connectivity index (χ4n) is 2.03. The first-order chi connectivity index (χ1) is 9.22. The van der Waals surface area contributed by atoms with Crippen LogP contribution in [0.2, 0.25) is 0 Å². The van der Waals surface area contributed by atoms with Crippen LogP contribution in [0.5, 0.6) is 5.75 Å². The molecule has 2 N–H and O–H groups in total. The molecule has 0 spiro atoms. The minimum absolute atomic E-state index is 0.0642. The van der Waals surface area contributed by atoms with E-state index in [1.807, 2.05) is 5.41 Å². The number of aromatic hydroxyl groups is 1. The van der Waals surface area contributed by atoms with Crippen molar-refractivity contribution in [3.63, 3.8) is 0 Å². The number of phenols is 1. The fraction of sp³-hybridized carbons (Fsp3) is 0.231. The summed E-state index contributed by atoms with van der Waals surface area (Å²) in [4.78, 5) is 18.4. The molecule has 0 radical (unpaired) electrons. The van der Waals surface area contributed by atoms with E-state index in [1.54, 1.807) is 36.0 Å². The molecule has 2 aliphatic rings. The van der Waals surface area contributed by atoms with Crippen LogP contribution in [0.15, 0.2) is 40.4 Å². The molecule has 1 aromatic rings. The van der Waals surface area contributed by atoms with E-state index in [0.717, 1.165) is 24.0 Å². The second kappa shape index (κ2) is 4.97. The van der Waals surface area contributed by atoms with Crippen LogP contribution < -0.4 is 5.32 Å². The standard InChI is InChI=1S/C13H13N3O2S/c17-11-3-1-9(2-4-11)15-12(18)7-10-8-19-13-14-5-6-16(10)13/h1-4,8,17H,5-7H2,(H,15,18). The summed E-state index contributed by atoms with van der Waals surface area (Å²) in [5, 5.41) is 15.0. The average molecular weight is 275 g/mol. The first kappa shape index (κ1) is 12.1. The number of amidine groups is 1. The number of nitrogens with zero attached hydrogens (tertiary/aromatic N) is 2. The summed E-state index contributed by atoms with van der Waals surface area (Å²) in [6.45, 7) is 1.67. The molecule has 98 valence electrons. The van der Waals surface area contributed by atoms with Crippen molar-refractivity contribution in [3.05, 3.63) is 35.4 Å². The highest BCUT2D eigenvalue weighted by Crippen LogP contribution is 2.30. The van der Waals surface area contributed by atoms with Crippen molar-refractivity contribution in [1.29, 1.82) is 0 Å². The van der Waals surface area contributed by atoms with Gasteiger partial charge in [0.05, 0.1) is 13.0 Å². The van der Waals surface area contributed by atoms with Gasteiger partial charge in [-0.3, -0.25) is 9.79 Å². The van der Waals surface area contributed by atoms with Gasteiger partial charge in [0.1, 0.15) is 5.75 Å². The second-order valence-electron chi connectivity index (χ2n) is 4.31. The first-order valence-electron chi connectivity index (χ1n) is 5.99. The molecule has 0 saturated heterocycles. The van der Waals surface area contributed by atoms with Crippen molar-refractivity contribution in [3.8, 4) is 5.75 Å². The van der Waals surface area contributed by atoms with Gasteiger partial charge in [-0.15, -0.1) is 0 Å². The first-order valence-corrected chi connectivity index (χ1v) is 6.87. The zero-order valence-electron chi connectivity index (χ0n) is 10.2. The topological polar surface area (TPSA) is 64.9 Å². The number of carbonyl (C=O) groups excluding carboxylic acids is 1. The summed E-state index contributed by atoms with van der Waals surface area (Å²) in [5.74, 6) is 0.122. The predicted octanol–water partition coefficient (Wildman–Crippen LogP) is 1.98. The van der Waals surface area contributed by atoms with Gasteiger partial charge in [-0.2, -0.15) is 0 Å². The highest BCUT2D eigenvalue weighted by Gasteiger charge is 2.27. The van der Waals surface area contributed by atoms with Crippen molar-refractivity contribution in [2.24, 2.45) is 4.99 Å². The molecule has 6 heteroatoms. The maximum Gasteiger partial charge on any atom is 0.230 e. The summed E-state index contributed by atoms with van der Waals surface area (Å²) in [7, 11) is 0. The maximum absolute atomic E-state index is 12.0. The molecule has 0 unspecified atom stereocenters. The number of carbonyl (C=O) groups is 1. The quantitative estimate of drug-likeness (QED) is 0.828. The van der Waals surface area contributed by atoms with Crippen molar-refractivity contribution in [1.82, 2.24) is 4.90 Å². The second-order valence-corrected chi connectivity index (χ2v) is 5.15. The number of hydrogen-bond donors (Lipinski definition) is 2. The summed E-state index contributed by atoms with van der Waals surface area (Å²) in [6, 6.07) is 6.44. The molecule has 3 rings (SSSR count). The number of benzene rings is 1. The summed E-state index contributed by atoms with van der Waals surface area (Å²) >= 11 is 1.57. The molecule has 19 heavy (non-hydrogen) atoms. The SMILES string of the molecule is O=C(CC1=CSC2=NCCN12)Nc1ccc(O)cc1. The lowest BCUT2D eigenvalue weighted by Gasteiger charge is -2.16. The van der Waals surface area contributed by atoms with Gasteiger partial charge in [0.15, 0.2) is 5.17 Å². The molecule has 0 fully saturated rings. The van der Waals surface area contributed by atoms with E-state index in [-0.39, 0.29) is 11.7 Å². The molecule has 2 heterocycles. The van der Waals surface area contributed by atoms with Gasteiger partial charge in [0.25, 0.3) is 0 Å². The number of rotatable bonds is 3. The van der Waals surface area contributed by atoms with Gasteiger partial charge >= 0.3 is 0 Å². The van der Waals surface area contributed by atoms with E-state index in [9.17, 15) is 9.90 Å². The van der Waals surface area contributed by atoms with Gasteiger partial charge in [-0.1, -0.05) is 11.8 Å². The fourth-order valence-corrected chi connectivity index (χ4v) is 2.98. The minimum Gasteiger partial charge on any atom is -0.508 e. The van der Waals surface area contributed by atoms with Crippen LogP contribution in [0.1, 0.15) is 6.42 Å². The number of phenolic OH excluding ortho intramolecular Hbond substituents is 1. The lowest BCUT2D eigenvalue weighted by atomic mass is 10.2. The van der Waals surface area contributed by atoms with Crippen molar-refractivity contribution in [2.45, 2.75) is 6.42 Å². The lowest BCUT2D eigenvalue weighted by molar-refractivity contribution is -0.115. The number of hydrogen-bond acceptors (Lipinski definition) is 5. The Balaban J connectivity index is 1.60. The van der Waals surface area contributed by atoms with Crippen molar-refractivity contribution < 1.29 is 9.90 Å². The van der Waals surface area contributed by atoms with Crippen LogP contribution in [-0.4, -0.2) is 34.2 Å². The normalized spacial score (nSPS) is 16.9. The van der Waals surface area contributed by atoms with E-state index < -0.39 is 0 Å². The number of thioether (sulfide) groups is 1. The molecule has 2 aliphatic heterocycles. The third kappa shape index (κ3) is 2.58. The predicted molar refractivity (Wildman–Crippen MR) is 76.0 cm³/mol. The molecule has 5 nitrogen and oxygen atoms in total. The van der Waals surface area contributed by atoms with Crippen LogP contribution in [-0.2, 0) is 4.79 Å². The Bertz CT molecular complexity index is 566. The zero-order valence-corrected chi connectivity index (χ0v) is 11.0. The summed E-state index contributed by atoms with van der Waals surface area (Å²) in [6.07, 6.45) is 0.340. The Morgan fingerprint density at radius 1 is 1.42 bits per heavy atom. The van der Waals surface area contributed by atoms with Gasteiger partial charge in [-0.05, 0) is 29.7 Å². The third-order valence-electron chi connectivity index (χ3n) is 2.94. The van der Waals surface area contributed by atoms with Crippen LogP contribution >= 0.6 is 11.8 Å². The highest BCUT2D eigenvalue weighted by atomic mass is 32.2. The molecule has 0 aromatic heterocycles. The van der Waals surface area contributed by atoms with E-state index in [1.165, 1.54) is 0 Å². The number of amides is 1. The highest BCUT2D eigenvalue weighted by molar-refractivity contribution is 8.16. The molecule has 1 amide bonds. The van der Waals surface area contributed by atoms with Crippen LogP contribution in [0.3, 0.4) is 0 Å². The Labute approximate surface area is 115 Å². The maximum atomic E-state index is 12.0. The Morgan fingerprint density at radius 2 is 2.21 bits per heavy atom. The molecular weight excluding hydrogens is 262 g/mol. The smallest absolute Gasteiger partial charge is 0.230 e. The largest absolute Gasteiger partial charge is 0.508 e. The molecule has 0 saturated carbocycles. The van der Waals surface area contributed by atoms with Gasteiger partial charge in [-0.25, -0.2) is 0 Å². The summed E-state index contributed by atoms with van der Waals surface area (Å²) < 4.78 is 0. The van der Waals surface area contributed by atoms with Crippen LogP contribution in [0, 0.1) is 0 Å². The molecule has 0 bridgehead atoms. The zero-order chi connectivity index (χ0) is 13.2. The van der Waals surface area contributed by atoms with Gasteiger partial charge in [0, 0.05) is 17.9 Å². The lowest BCUT2D eigenvalue weighted by Crippen LogP contribution is -2.24.